The van der Waals surface area contributed by atoms with E-state index in [1.165, 1.54) is 6.20 Å². The van der Waals surface area contributed by atoms with Gasteiger partial charge in [-0.1, -0.05) is 11.6 Å². The number of rotatable bonds is 0. The molecule has 0 aliphatic heterocycles. The molecule has 2 aromatic heterocycles. The zero-order chi connectivity index (χ0) is 8.72. The number of anilines is 1. The maximum Gasteiger partial charge on any atom is 0.150 e. The van der Waals surface area contributed by atoms with Crippen LogP contribution in [0.1, 0.15) is 0 Å². The summed E-state index contributed by atoms with van der Waals surface area (Å²) in [7, 11) is 0. The van der Waals surface area contributed by atoms with Crippen molar-refractivity contribution in [2.75, 3.05) is 5.73 Å². The molecule has 0 aromatic carbocycles. The summed E-state index contributed by atoms with van der Waals surface area (Å²) in [4.78, 5) is 7.89. The van der Waals surface area contributed by atoms with Gasteiger partial charge in [0.25, 0.3) is 0 Å². The Morgan fingerprint density at radius 3 is 2.92 bits per heavy atom. The second-order valence-electron chi connectivity index (χ2n) is 2.22. The fourth-order valence-electron chi connectivity index (χ4n) is 0.964. The van der Waals surface area contributed by atoms with E-state index in [-0.39, 0.29) is 0 Å². The highest BCUT2D eigenvalue weighted by Gasteiger charge is 2.07. The van der Waals surface area contributed by atoms with Gasteiger partial charge in [0.1, 0.15) is 21.6 Å². The average Bonchev–Trinajstić information content (AvgIpc) is 2.42. The maximum absolute atomic E-state index is 5.83. The molecule has 0 aliphatic carbocycles. The Kier molecular flexibility index (Phi) is 1.69. The predicted molar refractivity (Wildman–Crippen MR) is 50.1 cm³/mol. The lowest BCUT2D eigenvalue weighted by atomic mass is 10.5. The van der Waals surface area contributed by atoms with Crippen molar-refractivity contribution in [3.63, 3.8) is 0 Å². The van der Waals surface area contributed by atoms with Crippen LogP contribution < -0.4 is 5.73 Å². The number of halogens is 2. The number of nitrogen functional groups attached to an aromatic ring is 1. The molecule has 12 heavy (non-hydrogen) atoms. The van der Waals surface area contributed by atoms with E-state index in [0.717, 1.165) is 0 Å². The van der Waals surface area contributed by atoms with Crippen molar-refractivity contribution < 1.29 is 0 Å². The van der Waals surface area contributed by atoms with Crippen LogP contribution in [0.25, 0.3) is 5.52 Å². The van der Waals surface area contributed by atoms with Crippen LogP contribution in [0.3, 0.4) is 0 Å². The summed E-state index contributed by atoms with van der Waals surface area (Å²) in [5.74, 6) is 0.406. The summed E-state index contributed by atoms with van der Waals surface area (Å²) in [5.41, 5.74) is 6.31. The average molecular weight is 247 g/mol. The lowest BCUT2D eigenvalue weighted by Gasteiger charge is -1.98. The molecule has 0 saturated heterocycles. The number of fused-ring (bicyclic) bond motifs is 1. The fraction of sp³-hybridized carbons (Fsp3) is 0. The number of hydrogen-bond donors (Lipinski definition) is 1. The molecule has 4 nitrogen and oxygen atoms in total. The largest absolute Gasteiger partial charge is 0.382 e. The second kappa shape index (κ2) is 2.60. The monoisotopic (exact) mass is 246 g/mol. The van der Waals surface area contributed by atoms with E-state index in [2.05, 4.69) is 25.9 Å². The lowest BCUT2D eigenvalue weighted by molar-refractivity contribution is 1.12. The van der Waals surface area contributed by atoms with Crippen LogP contribution in [-0.2, 0) is 0 Å². The molecule has 2 heterocycles. The van der Waals surface area contributed by atoms with Crippen molar-refractivity contribution in [2.45, 2.75) is 0 Å². The van der Waals surface area contributed by atoms with Gasteiger partial charge in [-0.05, 0) is 15.9 Å². The highest BCUT2D eigenvalue weighted by atomic mass is 79.9. The van der Waals surface area contributed by atoms with E-state index in [4.69, 9.17) is 17.3 Å². The van der Waals surface area contributed by atoms with Crippen LogP contribution in [0.5, 0.6) is 0 Å². The van der Waals surface area contributed by atoms with Gasteiger partial charge in [0, 0.05) is 0 Å². The van der Waals surface area contributed by atoms with Gasteiger partial charge in [0.15, 0.2) is 5.82 Å². The minimum atomic E-state index is 0.406. The molecule has 0 aliphatic rings. The SMILES string of the molecule is Nc1ncc(Cl)n2cnc(Br)c12. The van der Waals surface area contributed by atoms with Crippen molar-refractivity contribution >= 4 is 38.9 Å². The zero-order valence-electron chi connectivity index (χ0n) is 5.83. The summed E-state index contributed by atoms with van der Waals surface area (Å²) < 4.78 is 2.31. The van der Waals surface area contributed by atoms with Gasteiger partial charge in [-0.3, -0.25) is 4.40 Å². The van der Waals surface area contributed by atoms with Crippen LogP contribution in [0.4, 0.5) is 5.82 Å². The van der Waals surface area contributed by atoms with Gasteiger partial charge in [-0.15, -0.1) is 0 Å². The van der Waals surface area contributed by atoms with Crippen LogP contribution in [0, 0.1) is 0 Å². The Morgan fingerprint density at radius 1 is 1.50 bits per heavy atom. The van der Waals surface area contributed by atoms with Crippen molar-refractivity contribution in [3.05, 3.63) is 22.3 Å². The van der Waals surface area contributed by atoms with Crippen LogP contribution in [0.15, 0.2) is 17.1 Å². The molecular formula is C6H4BrClN4. The second-order valence-corrected chi connectivity index (χ2v) is 3.36. The van der Waals surface area contributed by atoms with Gasteiger partial charge in [0.05, 0.1) is 6.20 Å². The molecular weight excluding hydrogens is 243 g/mol. The third-order valence-corrected chi connectivity index (χ3v) is 2.37. The maximum atomic E-state index is 5.83. The molecule has 0 amide bonds. The summed E-state index contributed by atoms with van der Waals surface area (Å²) in [6, 6.07) is 0. The van der Waals surface area contributed by atoms with Crippen LogP contribution >= 0.6 is 27.5 Å². The zero-order valence-corrected chi connectivity index (χ0v) is 8.17. The van der Waals surface area contributed by atoms with E-state index in [1.54, 1.807) is 10.7 Å². The Morgan fingerprint density at radius 2 is 2.25 bits per heavy atom. The molecule has 62 valence electrons. The molecule has 0 saturated carbocycles. The standard InChI is InChI=1S/C6H4BrClN4/c7-5-4-6(9)10-1-3(8)12(4)2-11-5/h1-2H,(H2,9,10). The van der Waals surface area contributed by atoms with Gasteiger partial charge in [-0.25, -0.2) is 9.97 Å². The van der Waals surface area contributed by atoms with E-state index in [1.807, 2.05) is 0 Å². The first-order valence-corrected chi connectivity index (χ1v) is 4.30. The van der Waals surface area contributed by atoms with Gasteiger partial charge in [0.2, 0.25) is 0 Å². The summed E-state index contributed by atoms with van der Waals surface area (Å²) in [5, 5.41) is 0.484. The molecule has 0 fully saturated rings. The third kappa shape index (κ3) is 0.971. The number of imidazole rings is 1. The molecule has 6 heteroatoms. The molecule has 0 radical (unpaired) electrons. The third-order valence-electron chi connectivity index (χ3n) is 1.51. The van der Waals surface area contributed by atoms with Crippen LogP contribution in [-0.4, -0.2) is 14.4 Å². The van der Waals surface area contributed by atoms with Crippen molar-refractivity contribution in [2.24, 2.45) is 0 Å². The molecule has 2 aromatic rings. The highest BCUT2D eigenvalue weighted by molar-refractivity contribution is 9.10. The number of nitrogens with two attached hydrogens (primary N) is 1. The summed E-state index contributed by atoms with van der Waals surface area (Å²) in [6.07, 6.45) is 3.07. The lowest BCUT2D eigenvalue weighted by Crippen LogP contribution is -1.95. The minimum Gasteiger partial charge on any atom is -0.382 e. The van der Waals surface area contributed by atoms with Gasteiger partial charge >= 0.3 is 0 Å². The number of nitrogens with zero attached hydrogens (tertiary/aromatic N) is 3. The van der Waals surface area contributed by atoms with Gasteiger partial charge in [-0.2, -0.15) is 0 Å². The Balaban J connectivity index is 2.98. The highest BCUT2D eigenvalue weighted by Crippen LogP contribution is 2.23. The summed E-state index contributed by atoms with van der Waals surface area (Å²) in [6.45, 7) is 0. The molecule has 2 N–H and O–H groups in total. The Bertz CT molecular complexity index is 438. The van der Waals surface area contributed by atoms with E-state index >= 15 is 0 Å². The van der Waals surface area contributed by atoms with Crippen molar-refractivity contribution in [3.8, 4) is 0 Å². The topological polar surface area (TPSA) is 56.2 Å². The molecule has 0 bridgehead atoms. The van der Waals surface area contributed by atoms with Crippen molar-refractivity contribution in [1.29, 1.82) is 0 Å². The first-order valence-electron chi connectivity index (χ1n) is 3.12. The van der Waals surface area contributed by atoms with Crippen molar-refractivity contribution in [1.82, 2.24) is 14.4 Å². The van der Waals surface area contributed by atoms with E-state index in [9.17, 15) is 0 Å². The summed E-state index contributed by atoms with van der Waals surface area (Å²) >= 11 is 9.07. The number of aromatic nitrogens is 3. The number of hydrogen-bond acceptors (Lipinski definition) is 3. The smallest absolute Gasteiger partial charge is 0.150 e. The van der Waals surface area contributed by atoms with Gasteiger partial charge < -0.3 is 5.73 Å². The molecule has 2 rings (SSSR count). The normalized spacial score (nSPS) is 10.8. The van der Waals surface area contributed by atoms with E-state index in [0.29, 0.717) is 21.1 Å². The fourth-order valence-corrected chi connectivity index (χ4v) is 1.63. The predicted octanol–water partition coefficient (Wildman–Crippen LogP) is 1.73. The van der Waals surface area contributed by atoms with Crippen LogP contribution in [0.2, 0.25) is 5.15 Å². The first kappa shape index (κ1) is 7.82. The Labute approximate surface area is 81.5 Å². The Hall–Kier alpha value is -0.810. The minimum absolute atomic E-state index is 0.406. The van der Waals surface area contributed by atoms with E-state index < -0.39 is 0 Å². The molecule has 0 unspecified atom stereocenters. The quantitative estimate of drug-likeness (QED) is 0.771. The molecule has 0 spiro atoms. The molecule has 0 atom stereocenters. The first-order chi connectivity index (χ1) is 5.70.